The Morgan fingerprint density at radius 1 is 1.00 bits per heavy atom. The van der Waals surface area contributed by atoms with Crippen molar-refractivity contribution in [3.05, 3.63) is 102 Å². The first-order valence-corrected chi connectivity index (χ1v) is 13.8. The highest BCUT2D eigenvalue weighted by Crippen LogP contribution is 2.34. The predicted molar refractivity (Wildman–Crippen MR) is 154 cm³/mol. The Morgan fingerprint density at radius 3 is 2.50 bits per heavy atom. The number of fused-ring (bicyclic) bond motifs is 1. The molecule has 1 aliphatic heterocycles. The van der Waals surface area contributed by atoms with Gasteiger partial charge in [0.2, 0.25) is 17.0 Å². The van der Waals surface area contributed by atoms with E-state index in [4.69, 9.17) is 9.15 Å². The minimum atomic E-state index is -0.748. The molecular weight excluding hydrogens is 556 g/mol. The van der Waals surface area contributed by atoms with Crippen molar-refractivity contribution in [1.82, 2.24) is 15.2 Å². The monoisotopic (exact) mass is 578 g/mol. The molecule has 42 heavy (non-hydrogen) atoms. The fourth-order valence-electron chi connectivity index (χ4n) is 4.44. The van der Waals surface area contributed by atoms with Gasteiger partial charge in [0.05, 0.1) is 17.4 Å². The maximum absolute atomic E-state index is 13.2. The van der Waals surface area contributed by atoms with Crippen molar-refractivity contribution >= 4 is 52.0 Å². The number of rotatable bonds is 8. The zero-order chi connectivity index (χ0) is 29.2. The molecule has 3 aromatic carbocycles. The van der Waals surface area contributed by atoms with Crippen molar-refractivity contribution in [3.63, 3.8) is 0 Å². The third kappa shape index (κ3) is 5.54. The van der Waals surface area contributed by atoms with Gasteiger partial charge in [-0.15, -0.1) is 5.10 Å². The molecule has 0 radical (unpaired) electrons. The molecule has 1 aliphatic rings. The van der Waals surface area contributed by atoms with Gasteiger partial charge >= 0.3 is 5.97 Å². The number of esters is 1. The molecule has 0 saturated carbocycles. The molecule has 11 heteroatoms. The standard InChI is InChI=1S/C31H22N4O6S/c1-18-6-8-19(9-7-18)24(36)17-40-30(39)20-10-12-22(13-11-20)35-28(37)15-27(29(35)38)42-31-33-23(16-32-34-31)26-14-21-4-2-3-5-25(21)41-26/h2-14,16,27H,15,17H2,1H3. The van der Waals surface area contributed by atoms with Gasteiger partial charge < -0.3 is 9.15 Å². The number of Topliss-reactive ketones (excluding diaryl/α,β-unsaturated/α-hetero) is 1. The highest BCUT2D eigenvalue weighted by atomic mass is 32.2. The van der Waals surface area contributed by atoms with Crippen LogP contribution in [0.4, 0.5) is 5.69 Å². The lowest BCUT2D eigenvalue weighted by molar-refractivity contribution is -0.121. The van der Waals surface area contributed by atoms with Gasteiger partial charge in [0.25, 0.3) is 0 Å². The fourth-order valence-corrected chi connectivity index (χ4v) is 5.37. The number of amides is 2. The minimum Gasteiger partial charge on any atom is -0.454 e. The highest BCUT2D eigenvalue weighted by molar-refractivity contribution is 8.00. The second-order valence-electron chi connectivity index (χ2n) is 9.56. The Labute approximate surface area is 243 Å². The maximum Gasteiger partial charge on any atom is 0.338 e. The number of ether oxygens (including phenoxy) is 1. The van der Waals surface area contributed by atoms with Gasteiger partial charge in [0, 0.05) is 17.4 Å². The molecule has 2 amide bonds. The van der Waals surface area contributed by atoms with E-state index in [0.717, 1.165) is 27.6 Å². The van der Waals surface area contributed by atoms with Crippen LogP contribution in [0.5, 0.6) is 0 Å². The topological polar surface area (TPSA) is 133 Å². The molecule has 208 valence electrons. The van der Waals surface area contributed by atoms with Crippen LogP contribution in [0.2, 0.25) is 0 Å². The number of thioether (sulfide) groups is 1. The Bertz CT molecular complexity index is 1800. The molecule has 1 atom stereocenters. The predicted octanol–water partition coefficient (Wildman–Crippen LogP) is 5.06. The first-order valence-electron chi connectivity index (χ1n) is 12.9. The Morgan fingerprint density at radius 2 is 1.74 bits per heavy atom. The summed E-state index contributed by atoms with van der Waals surface area (Å²) in [5.41, 5.74) is 3.13. The van der Waals surface area contributed by atoms with Crippen LogP contribution in [0.15, 0.2) is 94.6 Å². The lowest BCUT2D eigenvalue weighted by Crippen LogP contribution is -2.31. The molecular formula is C31H22N4O6S. The Balaban J connectivity index is 1.10. The molecule has 6 rings (SSSR count). The van der Waals surface area contributed by atoms with Crippen LogP contribution < -0.4 is 4.90 Å². The smallest absolute Gasteiger partial charge is 0.338 e. The van der Waals surface area contributed by atoms with Crippen LogP contribution in [0, 0.1) is 6.92 Å². The summed E-state index contributed by atoms with van der Waals surface area (Å²) in [6, 6.07) is 22.2. The summed E-state index contributed by atoms with van der Waals surface area (Å²) >= 11 is 1.05. The number of imide groups is 1. The number of aromatic nitrogens is 3. The van der Waals surface area contributed by atoms with E-state index in [9.17, 15) is 19.2 Å². The number of carbonyl (C=O) groups is 4. The summed E-state index contributed by atoms with van der Waals surface area (Å²) < 4.78 is 11.0. The van der Waals surface area contributed by atoms with Gasteiger partial charge in [-0.3, -0.25) is 14.4 Å². The first kappa shape index (κ1) is 27.0. The molecule has 1 saturated heterocycles. The third-order valence-corrected chi connectivity index (χ3v) is 7.68. The number of para-hydroxylation sites is 1. The molecule has 1 fully saturated rings. The van der Waals surface area contributed by atoms with Crippen molar-refractivity contribution in [3.8, 4) is 11.5 Å². The van der Waals surface area contributed by atoms with E-state index < -0.39 is 29.6 Å². The van der Waals surface area contributed by atoms with Gasteiger partial charge in [-0.2, -0.15) is 5.10 Å². The van der Waals surface area contributed by atoms with E-state index in [2.05, 4.69) is 15.2 Å². The molecule has 2 aromatic heterocycles. The van der Waals surface area contributed by atoms with Crippen molar-refractivity contribution in [2.45, 2.75) is 23.8 Å². The summed E-state index contributed by atoms with van der Waals surface area (Å²) in [7, 11) is 0. The molecule has 3 heterocycles. The quantitative estimate of drug-likeness (QED) is 0.140. The van der Waals surface area contributed by atoms with Crippen LogP contribution in [0.1, 0.15) is 32.7 Å². The van der Waals surface area contributed by atoms with Crippen molar-refractivity contribution in [2.75, 3.05) is 11.5 Å². The number of aryl methyl sites for hydroxylation is 1. The summed E-state index contributed by atoms with van der Waals surface area (Å²) in [6.07, 6.45) is 1.42. The minimum absolute atomic E-state index is 0.0490. The second-order valence-corrected chi connectivity index (χ2v) is 10.7. The molecule has 0 bridgehead atoms. The Kier molecular flexibility index (Phi) is 7.32. The van der Waals surface area contributed by atoms with E-state index in [1.54, 1.807) is 24.3 Å². The number of hydrogen-bond acceptors (Lipinski definition) is 10. The SMILES string of the molecule is Cc1ccc(C(=O)COC(=O)c2ccc(N3C(=O)CC(Sc4nncc(-c5cc6ccccc6o5)n4)C3=O)cc2)cc1. The number of ketones is 1. The van der Waals surface area contributed by atoms with Gasteiger partial charge in [-0.1, -0.05) is 59.8 Å². The average molecular weight is 579 g/mol. The summed E-state index contributed by atoms with van der Waals surface area (Å²) in [4.78, 5) is 56.4. The van der Waals surface area contributed by atoms with Crippen molar-refractivity contribution in [1.29, 1.82) is 0 Å². The lowest BCUT2D eigenvalue weighted by atomic mass is 10.1. The number of hydrogen-bond donors (Lipinski definition) is 0. The van der Waals surface area contributed by atoms with Crippen LogP contribution in [-0.4, -0.2) is 50.6 Å². The normalized spacial score (nSPS) is 14.9. The highest BCUT2D eigenvalue weighted by Gasteiger charge is 2.41. The van der Waals surface area contributed by atoms with E-state index in [1.807, 2.05) is 37.3 Å². The van der Waals surface area contributed by atoms with E-state index in [1.165, 1.54) is 30.5 Å². The third-order valence-electron chi connectivity index (χ3n) is 6.64. The van der Waals surface area contributed by atoms with Crippen molar-refractivity contribution < 1.29 is 28.3 Å². The van der Waals surface area contributed by atoms with Gasteiger partial charge in [0.15, 0.2) is 18.2 Å². The zero-order valence-corrected chi connectivity index (χ0v) is 23.0. The van der Waals surface area contributed by atoms with Crippen LogP contribution >= 0.6 is 11.8 Å². The molecule has 5 aromatic rings. The average Bonchev–Trinajstić information content (AvgIpc) is 3.56. The Hall–Kier alpha value is -5.16. The molecule has 0 aliphatic carbocycles. The second kappa shape index (κ2) is 11.4. The lowest BCUT2D eigenvalue weighted by Gasteiger charge is -2.15. The number of anilines is 1. The van der Waals surface area contributed by atoms with Crippen LogP contribution in [0.3, 0.4) is 0 Å². The summed E-state index contributed by atoms with van der Waals surface area (Å²) in [5.74, 6) is -1.32. The molecule has 1 unspecified atom stereocenters. The number of nitrogens with zero attached hydrogens (tertiary/aromatic N) is 4. The molecule has 10 nitrogen and oxygen atoms in total. The molecule has 0 N–H and O–H groups in total. The number of benzene rings is 3. The van der Waals surface area contributed by atoms with E-state index >= 15 is 0 Å². The van der Waals surface area contributed by atoms with E-state index in [-0.39, 0.29) is 22.9 Å². The number of furan rings is 1. The summed E-state index contributed by atoms with van der Waals surface area (Å²) in [5, 5.41) is 8.43. The largest absolute Gasteiger partial charge is 0.454 e. The fraction of sp³-hybridized carbons (Fsp3) is 0.129. The van der Waals surface area contributed by atoms with Gasteiger partial charge in [0.1, 0.15) is 16.5 Å². The van der Waals surface area contributed by atoms with Gasteiger partial charge in [-0.05, 0) is 43.3 Å². The van der Waals surface area contributed by atoms with Crippen molar-refractivity contribution in [2.24, 2.45) is 0 Å². The first-order chi connectivity index (χ1) is 20.4. The maximum atomic E-state index is 13.2. The summed E-state index contributed by atoms with van der Waals surface area (Å²) in [6.45, 7) is 1.51. The van der Waals surface area contributed by atoms with Crippen LogP contribution in [-0.2, 0) is 14.3 Å². The van der Waals surface area contributed by atoms with E-state index in [0.29, 0.717) is 28.3 Å². The molecule has 0 spiro atoms. The number of carbonyl (C=O) groups excluding carboxylic acids is 4. The van der Waals surface area contributed by atoms with Gasteiger partial charge in [-0.25, -0.2) is 14.7 Å². The van der Waals surface area contributed by atoms with Crippen LogP contribution in [0.25, 0.3) is 22.4 Å². The zero-order valence-electron chi connectivity index (χ0n) is 22.2.